The minimum atomic E-state index is -0.276. The molecule has 0 amide bonds. The number of rotatable bonds is 4. The Labute approximate surface area is 118 Å². The molecule has 0 unspecified atom stereocenters. The van der Waals surface area contributed by atoms with E-state index in [4.69, 9.17) is 5.73 Å². The van der Waals surface area contributed by atoms with Gasteiger partial charge in [0.25, 0.3) is 0 Å². The van der Waals surface area contributed by atoms with Crippen molar-refractivity contribution in [3.05, 3.63) is 60.7 Å². The van der Waals surface area contributed by atoms with Crippen LogP contribution in [-0.2, 0) is 20.4 Å². The molecule has 0 aliphatic heterocycles. The van der Waals surface area contributed by atoms with Gasteiger partial charge in [0.05, 0.1) is 0 Å². The molecule has 0 radical (unpaired) electrons. The summed E-state index contributed by atoms with van der Waals surface area (Å²) < 4.78 is 0. The molecule has 3 heteroatoms. The molecule has 0 aliphatic carbocycles. The van der Waals surface area contributed by atoms with Crippen molar-refractivity contribution in [3.8, 4) is 0 Å². The second kappa shape index (κ2) is 7.75. The molecule has 0 aliphatic rings. The fourth-order valence-electron chi connectivity index (χ4n) is 1.75. The third-order valence-electron chi connectivity index (χ3n) is 2.49. The van der Waals surface area contributed by atoms with Crippen molar-refractivity contribution in [2.45, 2.75) is 0 Å². The van der Waals surface area contributed by atoms with Crippen LogP contribution in [0.4, 0.5) is 0 Å². The number of benzene rings is 2. The van der Waals surface area contributed by atoms with Gasteiger partial charge in [-0.1, -0.05) is 60.7 Å². The quantitative estimate of drug-likeness (QED) is 0.672. The van der Waals surface area contributed by atoms with E-state index in [0.717, 1.165) is 12.7 Å². The van der Waals surface area contributed by atoms with Crippen molar-refractivity contribution < 1.29 is 20.4 Å². The van der Waals surface area contributed by atoms with Crippen LogP contribution in [0.15, 0.2) is 60.7 Å². The molecule has 0 saturated carbocycles. The van der Waals surface area contributed by atoms with Gasteiger partial charge in [0, 0.05) is 20.4 Å². The van der Waals surface area contributed by atoms with Crippen LogP contribution in [0.1, 0.15) is 0 Å². The fourth-order valence-corrected chi connectivity index (χ4v) is 3.89. The molecule has 0 bridgehead atoms. The summed E-state index contributed by atoms with van der Waals surface area (Å²) in [5, 5.41) is 2.82. The molecule has 2 aromatic carbocycles. The van der Waals surface area contributed by atoms with Crippen molar-refractivity contribution in [2.24, 2.45) is 5.73 Å². The van der Waals surface area contributed by atoms with Gasteiger partial charge in [-0.25, -0.2) is 0 Å². The van der Waals surface area contributed by atoms with Gasteiger partial charge in [-0.05, 0) is 31.2 Å². The third kappa shape index (κ3) is 4.02. The van der Waals surface area contributed by atoms with Crippen LogP contribution in [0.3, 0.4) is 0 Å². The molecule has 0 aromatic heterocycles. The van der Waals surface area contributed by atoms with Gasteiger partial charge in [0.1, 0.15) is 0 Å². The standard InChI is InChI=1S/C14H16NP.Pd/c15-11-12-16(13-7-3-1-4-8-13)14-9-5-2-6-10-14;/h1-10H,11-12,15H2;. The summed E-state index contributed by atoms with van der Waals surface area (Å²) in [6, 6.07) is 21.3. The average Bonchev–Trinajstić information content (AvgIpc) is 2.38. The van der Waals surface area contributed by atoms with Crippen LogP contribution in [0.25, 0.3) is 0 Å². The maximum absolute atomic E-state index is 5.72. The minimum Gasteiger partial charge on any atom is -0.330 e. The third-order valence-corrected chi connectivity index (χ3v) is 5.04. The predicted octanol–water partition coefficient (Wildman–Crippen LogP) is 2.08. The maximum atomic E-state index is 5.72. The zero-order valence-electron chi connectivity index (χ0n) is 9.53. The van der Waals surface area contributed by atoms with E-state index >= 15 is 0 Å². The van der Waals surface area contributed by atoms with E-state index in [1.165, 1.54) is 10.6 Å². The SMILES string of the molecule is NCCP(c1ccccc1)c1ccccc1.[Pd]. The predicted molar refractivity (Wildman–Crippen MR) is 73.0 cm³/mol. The number of hydrogen-bond donors (Lipinski definition) is 1. The smallest absolute Gasteiger partial charge is 0 e. The summed E-state index contributed by atoms with van der Waals surface area (Å²) in [4.78, 5) is 0. The number of nitrogens with two attached hydrogens (primary N) is 1. The van der Waals surface area contributed by atoms with Crippen LogP contribution in [0.2, 0.25) is 0 Å². The summed E-state index contributed by atoms with van der Waals surface area (Å²) in [5.74, 6) is 0. The molecule has 2 aromatic rings. The average molecular weight is 336 g/mol. The Morgan fingerprint density at radius 3 is 1.53 bits per heavy atom. The molecular formula is C14H16NPPd. The first-order valence-corrected chi connectivity index (χ1v) is 7.02. The first-order valence-electron chi connectivity index (χ1n) is 5.49. The van der Waals surface area contributed by atoms with Crippen LogP contribution < -0.4 is 16.3 Å². The van der Waals surface area contributed by atoms with E-state index in [1.54, 1.807) is 0 Å². The Hall–Kier alpha value is -0.508. The van der Waals surface area contributed by atoms with Crippen LogP contribution >= 0.6 is 7.92 Å². The number of hydrogen-bond acceptors (Lipinski definition) is 1. The zero-order chi connectivity index (χ0) is 11.2. The Kier molecular flexibility index (Phi) is 6.63. The van der Waals surface area contributed by atoms with Gasteiger partial charge in [-0.3, -0.25) is 0 Å². The van der Waals surface area contributed by atoms with Crippen LogP contribution in [-0.4, -0.2) is 12.7 Å². The van der Waals surface area contributed by atoms with E-state index in [2.05, 4.69) is 60.7 Å². The molecule has 17 heavy (non-hydrogen) atoms. The van der Waals surface area contributed by atoms with Crippen molar-refractivity contribution in [1.82, 2.24) is 0 Å². The largest absolute Gasteiger partial charge is 0.330 e. The summed E-state index contributed by atoms with van der Waals surface area (Å²) >= 11 is 0. The topological polar surface area (TPSA) is 26.0 Å². The van der Waals surface area contributed by atoms with Crippen molar-refractivity contribution in [3.63, 3.8) is 0 Å². The molecule has 2 rings (SSSR count). The molecule has 92 valence electrons. The Morgan fingerprint density at radius 2 is 1.18 bits per heavy atom. The van der Waals surface area contributed by atoms with E-state index < -0.39 is 0 Å². The molecule has 2 N–H and O–H groups in total. The molecule has 0 fully saturated rings. The summed E-state index contributed by atoms with van der Waals surface area (Å²) in [6.45, 7) is 0.746. The minimum absolute atomic E-state index is 0. The maximum Gasteiger partial charge on any atom is 0 e. The fraction of sp³-hybridized carbons (Fsp3) is 0.143. The van der Waals surface area contributed by atoms with Gasteiger partial charge >= 0.3 is 0 Å². The van der Waals surface area contributed by atoms with E-state index in [-0.39, 0.29) is 28.3 Å². The van der Waals surface area contributed by atoms with Gasteiger partial charge < -0.3 is 5.73 Å². The summed E-state index contributed by atoms with van der Waals surface area (Å²) in [6.07, 6.45) is 1.06. The Balaban J connectivity index is 0.00000144. The van der Waals surface area contributed by atoms with Gasteiger partial charge in [0.2, 0.25) is 0 Å². The first kappa shape index (κ1) is 14.6. The first-order chi connectivity index (χ1) is 7.92. The van der Waals surface area contributed by atoms with Gasteiger partial charge in [0.15, 0.2) is 0 Å². The van der Waals surface area contributed by atoms with Crippen LogP contribution in [0, 0.1) is 0 Å². The molecule has 0 saturated heterocycles. The Bertz CT molecular complexity index is 379. The molecule has 0 atom stereocenters. The van der Waals surface area contributed by atoms with E-state index in [1.807, 2.05) is 0 Å². The van der Waals surface area contributed by atoms with E-state index in [9.17, 15) is 0 Å². The van der Waals surface area contributed by atoms with Crippen LogP contribution in [0.5, 0.6) is 0 Å². The summed E-state index contributed by atoms with van der Waals surface area (Å²) in [5.41, 5.74) is 5.72. The summed E-state index contributed by atoms with van der Waals surface area (Å²) in [7, 11) is -0.276. The molecule has 0 heterocycles. The molecule has 0 spiro atoms. The van der Waals surface area contributed by atoms with Crippen molar-refractivity contribution >= 4 is 18.5 Å². The zero-order valence-corrected chi connectivity index (χ0v) is 12.0. The van der Waals surface area contributed by atoms with E-state index in [0.29, 0.717) is 0 Å². The second-order valence-corrected chi connectivity index (χ2v) is 5.95. The second-order valence-electron chi connectivity index (χ2n) is 3.61. The monoisotopic (exact) mass is 335 g/mol. The normalized spacial score (nSPS) is 10.0. The van der Waals surface area contributed by atoms with Crippen molar-refractivity contribution in [2.75, 3.05) is 12.7 Å². The van der Waals surface area contributed by atoms with Gasteiger partial charge in [-0.2, -0.15) is 0 Å². The van der Waals surface area contributed by atoms with Crippen molar-refractivity contribution in [1.29, 1.82) is 0 Å². The van der Waals surface area contributed by atoms with Gasteiger partial charge in [-0.15, -0.1) is 0 Å². The molecular weight excluding hydrogens is 320 g/mol. The Morgan fingerprint density at radius 1 is 0.765 bits per heavy atom. The molecule has 1 nitrogen and oxygen atoms in total.